The van der Waals surface area contributed by atoms with E-state index in [0.717, 1.165) is 12.8 Å². The summed E-state index contributed by atoms with van der Waals surface area (Å²) in [6.45, 7) is 0.216. The van der Waals surface area contributed by atoms with Gasteiger partial charge in [0.15, 0.2) is 9.84 Å². The molecule has 1 aromatic carbocycles. The zero-order valence-electron chi connectivity index (χ0n) is 11.8. The van der Waals surface area contributed by atoms with Crippen molar-refractivity contribution < 1.29 is 13.2 Å². The van der Waals surface area contributed by atoms with Crippen LogP contribution in [0.25, 0.3) is 11.0 Å². The average molecular weight is 310 g/mol. The molecule has 2 aromatic rings. The highest BCUT2D eigenvalue weighted by Gasteiger charge is 2.29. The molecule has 1 aliphatic heterocycles. The summed E-state index contributed by atoms with van der Waals surface area (Å²) >= 11 is 0. The second-order valence-electron chi connectivity index (χ2n) is 5.41. The van der Waals surface area contributed by atoms with Crippen molar-refractivity contribution in [2.24, 2.45) is 0 Å². The molecule has 21 heavy (non-hydrogen) atoms. The fraction of sp³-hybridized carbons (Fsp3) is 0.500. The third-order valence-electron chi connectivity index (χ3n) is 4.08. The van der Waals surface area contributed by atoms with E-state index in [0.29, 0.717) is 23.2 Å². The van der Waals surface area contributed by atoms with E-state index in [-0.39, 0.29) is 18.0 Å². The number of hydrogen-bond acceptors (Lipinski definition) is 4. The topological polar surface area (TPSA) is 81.2 Å². The van der Waals surface area contributed by atoms with Crippen molar-refractivity contribution in [2.75, 3.05) is 12.9 Å². The van der Waals surface area contributed by atoms with Crippen LogP contribution in [0.5, 0.6) is 5.75 Å². The van der Waals surface area contributed by atoms with Crippen LogP contribution < -0.4 is 10.4 Å². The van der Waals surface area contributed by atoms with Gasteiger partial charge in [0.1, 0.15) is 5.75 Å². The fourth-order valence-corrected chi connectivity index (χ4v) is 4.72. The molecule has 114 valence electrons. The number of fused-ring (bicyclic) bond motifs is 1. The zero-order chi connectivity index (χ0) is 15.0. The summed E-state index contributed by atoms with van der Waals surface area (Å²) in [6, 6.07) is 5.28. The Kier molecular flexibility index (Phi) is 3.52. The number of nitrogens with zero attached hydrogens (tertiary/aromatic N) is 1. The first-order chi connectivity index (χ1) is 10.0. The highest BCUT2D eigenvalue weighted by Crippen LogP contribution is 2.23. The molecule has 0 bridgehead atoms. The van der Waals surface area contributed by atoms with Crippen LogP contribution in [0, 0.1) is 0 Å². The first kappa shape index (κ1) is 14.2. The largest absolute Gasteiger partial charge is 0.497 e. The van der Waals surface area contributed by atoms with Gasteiger partial charge in [-0.3, -0.25) is 4.57 Å². The second kappa shape index (κ2) is 5.22. The Labute approximate surface area is 122 Å². The standard InChI is InChI=1S/C14H18N2O4S/c1-20-10-5-6-13-12(8-10)15-14(17)16(13)9-11-4-2-3-7-21(11,18)19/h5-6,8,11H,2-4,7,9H2,1H3,(H,15,17). The van der Waals surface area contributed by atoms with Gasteiger partial charge in [-0.1, -0.05) is 6.42 Å². The molecule has 1 aliphatic rings. The molecule has 1 unspecified atom stereocenters. The number of imidazole rings is 1. The Morgan fingerprint density at radius 1 is 1.38 bits per heavy atom. The van der Waals surface area contributed by atoms with E-state index < -0.39 is 15.1 Å². The highest BCUT2D eigenvalue weighted by molar-refractivity contribution is 7.92. The van der Waals surface area contributed by atoms with Crippen LogP contribution in [0.2, 0.25) is 0 Å². The lowest BCUT2D eigenvalue weighted by molar-refractivity contribution is 0.415. The van der Waals surface area contributed by atoms with Crippen LogP contribution in [-0.2, 0) is 16.4 Å². The number of H-pyrrole nitrogens is 1. The number of methoxy groups -OCH3 is 1. The van der Waals surface area contributed by atoms with Gasteiger partial charge in [-0.2, -0.15) is 0 Å². The summed E-state index contributed by atoms with van der Waals surface area (Å²) in [5.74, 6) is 0.879. The van der Waals surface area contributed by atoms with Gasteiger partial charge in [0.25, 0.3) is 0 Å². The van der Waals surface area contributed by atoms with Gasteiger partial charge in [0.2, 0.25) is 0 Å². The number of hydrogen-bond donors (Lipinski definition) is 1. The Morgan fingerprint density at radius 2 is 2.19 bits per heavy atom. The zero-order valence-corrected chi connectivity index (χ0v) is 12.6. The number of ether oxygens (including phenoxy) is 1. The lowest BCUT2D eigenvalue weighted by Gasteiger charge is -2.22. The van der Waals surface area contributed by atoms with Crippen LogP contribution in [0.4, 0.5) is 0 Å². The summed E-state index contributed by atoms with van der Waals surface area (Å²) in [4.78, 5) is 14.8. The molecule has 0 aliphatic carbocycles. The van der Waals surface area contributed by atoms with Crippen LogP contribution in [-0.4, -0.2) is 36.1 Å². The monoisotopic (exact) mass is 310 g/mol. The van der Waals surface area contributed by atoms with Crippen molar-refractivity contribution in [3.05, 3.63) is 28.7 Å². The number of nitrogens with one attached hydrogen (secondary N) is 1. The molecule has 0 amide bonds. The van der Waals surface area contributed by atoms with E-state index in [4.69, 9.17) is 4.74 Å². The van der Waals surface area contributed by atoms with Crippen LogP contribution >= 0.6 is 0 Å². The molecule has 0 saturated carbocycles. The second-order valence-corrected chi connectivity index (χ2v) is 7.81. The van der Waals surface area contributed by atoms with Crippen molar-refractivity contribution in [3.8, 4) is 5.75 Å². The Hall–Kier alpha value is -1.76. The Morgan fingerprint density at radius 3 is 2.90 bits per heavy atom. The lowest BCUT2D eigenvalue weighted by Crippen LogP contribution is -2.34. The molecule has 2 heterocycles. The normalized spacial score (nSPS) is 21.5. The van der Waals surface area contributed by atoms with Gasteiger partial charge in [0.05, 0.1) is 29.1 Å². The van der Waals surface area contributed by atoms with Crippen LogP contribution in [0.3, 0.4) is 0 Å². The predicted molar refractivity (Wildman–Crippen MR) is 80.5 cm³/mol. The first-order valence-electron chi connectivity index (χ1n) is 6.99. The molecule has 1 atom stereocenters. The van der Waals surface area contributed by atoms with E-state index in [1.807, 2.05) is 0 Å². The van der Waals surface area contributed by atoms with Crippen LogP contribution in [0.1, 0.15) is 19.3 Å². The van der Waals surface area contributed by atoms with Gasteiger partial charge in [-0.25, -0.2) is 13.2 Å². The molecule has 6 nitrogen and oxygen atoms in total. The van der Waals surface area contributed by atoms with Crippen molar-refractivity contribution in [3.63, 3.8) is 0 Å². The summed E-state index contributed by atoms with van der Waals surface area (Å²) < 4.78 is 30.9. The Balaban J connectivity index is 2.01. The number of sulfone groups is 1. The number of benzene rings is 1. The minimum Gasteiger partial charge on any atom is -0.497 e. The van der Waals surface area contributed by atoms with E-state index in [2.05, 4.69) is 4.98 Å². The van der Waals surface area contributed by atoms with Gasteiger partial charge in [-0.05, 0) is 25.0 Å². The smallest absolute Gasteiger partial charge is 0.326 e. The van der Waals surface area contributed by atoms with Gasteiger partial charge in [0, 0.05) is 12.6 Å². The molecular formula is C14H18N2O4S. The molecule has 7 heteroatoms. The minimum atomic E-state index is -3.10. The summed E-state index contributed by atoms with van der Waals surface area (Å²) in [5.41, 5.74) is 1.09. The molecule has 1 fully saturated rings. The van der Waals surface area contributed by atoms with Gasteiger partial charge >= 0.3 is 5.69 Å². The molecule has 1 saturated heterocycles. The number of rotatable bonds is 3. The minimum absolute atomic E-state index is 0.216. The lowest BCUT2D eigenvalue weighted by atomic mass is 10.2. The first-order valence-corrected chi connectivity index (χ1v) is 8.71. The fourth-order valence-electron chi connectivity index (χ4n) is 2.88. The van der Waals surface area contributed by atoms with Crippen molar-refractivity contribution in [1.29, 1.82) is 0 Å². The molecule has 3 rings (SSSR count). The Bertz CT molecular complexity index is 819. The summed E-state index contributed by atoms with van der Waals surface area (Å²) in [7, 11) is -1.54. The van der Waals surface area contributed by atoms with E-state index in [1.165, 1.54) is 4.57 Å². The van der Waals surface area contributed by atoms with E-state index in [9.17, 15) is 13.2 Å². The van der Waals surface area contributed by atoms with Crippen molar-refractivity contribution in [1.82, 2.24) is 9.55 Å². The molecule has 1 N–H and O–H groups in total. The van der Waals surface area contributed by atoms with Crippen molar-refractivity contribution in [2.45, 2.75) is 31.1 Å². The number of aromatic nitrogens is 2. The average Bonchev–Trinajstić information content (AvgIpc) is 2.76. The molecule has 0 radical (unpaired) electrons. The third kappa shape index (κ3) is 2.57. The maximum atomic E-state index is 12.1. The van der Waals surface area contributed by atoms with E-state index >= 15 is 0 Å². The molecular weight excluding hydrogens is 292 g/mol. The van der Waals surface area contributed by atoms with Crippen molar-refractivity contribution >= 4 is 20.9 Å². The quantitative estimate of drug-likeness (QED) is 0.926. The summed E-state index contributed by atoms with van der Waals surface area (Å²) in [5, 5.41) is -0.468. The summed E-state index contributed by atoms with van der Waals surface area (Å²) in [6.07, 6.45) is 2.24. The molecule has 0 spiro atoms. The SMILES string of the molecule is COc1ccc2c(c1)[nH]c(=O)n2CC1CCCCS1(=O)=O. The number of aromatic amines is 1. The highest BCUT2D eigenvalue weighted by atomic mass is 32.2. The van der Waals surface area contributed by atoms with E-state index in [1.54, 1.807) is 25.3 Å². The predicted octanol–water partition coefficient (Wildman–Crippen LogP) is 1.31. The molecule has 1 aromatic heterocycles. The third-order valence-corrected chi connectivity index (χ3v) is 6.34. The maximum absolute atomic E-state index is 12.1. The van der Waals surface area contributed by atoms with Gasteiger partial charge in [-0.15, -0.1) is 0 Å². The van der Waals surface area contributed by atoms with Gasteiger partial charge < -0.3 is 9.72 Å². The maximum Gasteiger partial charge on any atom is 0.326 e. The van der Waals surface area contributed by atoms with Crippen LogP contribution in [0.15, 0.2) is 23.0 Å².